The molecule has 2 heteroatoms. The summed E-state index contributed by atoms with van der Waals surface area (Å²) in [7, 11) is 0. The molecule has 0 unspecified atom stereocenters. The number of aryl methyl sites for hydroxylation is 1. The summed E-state index contributed by atoms with van der Waals surface area (Å²) in [5.74, 6) is 0. The molecule has 0 spiro atoms. The van der Waals surface area contributed by atoms with Crippen LogP contribution in [0.3, 0.4) is 0 Å². The number of benzene rings is 2. The number of allylic oxidation sites excluding steroid dienone is 1. The zero-order valence-corrected chi connectivity index (χ0v) is 10.4. The SMILES string of the molecule is Cc1ccc(NNC2=Cc3ccccc3C2)cc1. The maximum Gasteiger partial charge on any atom is 0.0539 e. The van der Waals surface area contributed by atoms with Crippen molar-refractivity contribution in [3.63, 3.8) is 0 Å². The number of anilines is 1. The third kappa shape index (κ3) is 2.23. The summed E-state index contributed by atoms with van der Waals surface area (Å²) in [6.07, 6.45) is 3.16. The van der Waals surface area contributed by atoms with Crippen molar-refractivity contribution in [3.05, 3.63) is 70.9 Å². The van der Waals surface area contributed by atoms with E-state index >= 15 is 0 Å². The second kappa shape index (κ2) is 4.57. The van der Waals surface area contributed by atoms with Crippen LogP contribution in [0.4, 0.5) is 5.69 Å². The third-order valence-corrected chi connectivity index (χ3v) is 3.18. The van der Waals surface area contributed by atoms with Gasteiger partial charge in [-0.2, -0.15) is 0 Å². The van der Waals surface area contributed by atoms with Gasteiger partial charge in [0.15, 0.2) is 0 Å². The molecule has 0 bridgehead atoms. The lowest BCUT2D eigenvalue weighted by Gasteiger charge is -2.10. The van der Waals surface area contributed by atoms with E-state index in [0.717, 1.165) is 12.1 Å². The molecule has 0 saturated carbocycles. The quantitative estimate of drug-likeness (QED) is 0.797. The fourth-order valence-corrected chi connectivity index (χ4v) is 2.15. The van der Waals surface area contributed by atoms with Gasteiger partial charge in [0, 0.05) is 12.1 Å². The second-order valence-electron chi connectivity index (χ2n) is 4.66. The standard InChI is InChI=1S/C16H16N2/c1-12-6-8-15(9-7-12)17-18-16-10-13-4-2-3-5-14(13)11-16/h2-10,17-18H,11H2,1H3. The van der Waals surface area contributed by atoms with Crippen molar-refractivity contribution in [2.24, 2.45) is 0 Å². The molecule has 0 amide bonds. The molecule has 2 nitrogen and oxygen atoms in total. The van der Waals surface area contributed by atoms with Crippen LogP contribution in [0.25, 0.3) is 6.08 Å². The number of fused-ring (bicyclic) bond motifs is 1. The van der Waals surface area contributed by atoms with Crippen LogP contribution >= 0.6 is 0 Å². The third-order valence-electron chi connectivity index (χ3n) is 3.18. The highest BCUT2D eigenvalue weighted by molar-refractivity contribution is 5.63. The monoisotopic (exact) mass is 236 g/mol. The number of nitrogens with one attached hydrogen (secondary N) is 2. The first-order valence-electron chi connectivity index (χ1n) is 6.18. The highest BCUT2D eigenvalue weighted by atomic mass is 15.4. The minimum atomic E-state index is 0.967. The summed E-state index contributed by atoms with van der Waals surface area (Å²) in [5, 5.41) is 0. The van der Waals surface area contributed by atoms with Crippen LogP contribution in [0.15, 0.2) is 54.2 Å². The van der Waals surface area contributed by atoms with Crippen molar-refractivity contribution in [1.82, 2.24) is 5.43 Å². The summed E-state index contributed by atoms with van der Waals surface area (Å²) in [6, 6.07) is 16.8. The number of hydrazine groups is 1. The van der Waals surface area contributed by atoms with E-state index in [1.807, 2.05) is 0 Å². The Kier molecular flexibility index (Phi) is 2.77. The fourth-order valence-electron chi connectivity index (χ4n) is 2.15. The van der Waals surface area contributed by atoms with E-state index in [9.17, 15) is 0 Å². The summed E-state index contributed by atoms with van der Waals surface area (Å²) < 4.78 is 0. The van der Waals surface area contributed by atoms with Gasteiger partial charge in [0.2, 0.25) is 0 Å². The normalized spacial score (nSPS) is 12.8. The van der Waals surface area contributed by atoms with Crippen molar-refractivity contribution < 1.29 is 0 Å². The number of hydrogen-bond donors (Lipinski definition) is 2. The lowest BCUT2D eigenvalue weighted by atomic mass is 10.1. The first-order valence-corrected chi connectivity index (χ1v) is 6.18. The van der Waals surface area contributed by atoms with Crippen LogP contribution in [-0.2, 0) is 6.42 Å². The van der Waals surface area contributed by atoms with Gasteiger partial charge >= 0.3 is 0 Å². The second-order valence-corrected chi connectivity index (χ2v) is 4.66. The molecule has 90 valence electrons. The lowest BCUT2D eigenvalue weighted by molar-refractivity contribution is 0.926. The van der Waals surface area contributed by atoms with Gasteiger partial charge in [-0.15, -0.1) is 0 Å². The molecule has 1 aliphatic carbocycles. The number of rotatable bonds is 3. The first-order chi connectivity index (χ1) is 8.81. The molecule has 0 radical (unpaired) electrons. The fraction of sp³-hybridized carbons (Fsp3) is 0.125. The molecular weight excluding hydrogens is 220 g/mol. The highest BCUT2D eigenvalue weighted by Crippen LogP contribution is 2.22. The Labute approximate surface area is 107 Å². The van der Waals surface area contributed by atoms with E-state index in [2.05, 4.69) is 72.4 Å². The van der Waals surface area contributed by atoms with E-state index in [0.29, 0.717) is 0 Å². The van der Waals surface area contributed by atoms with Crippen LogP contribution in [-0.4, -0.2) is 0 Å². The minimum absolute atomic E-state index is 0.967. The molecule has 0 fully saturated rings. The van der Waals surface area contributed by atoms with Crippen molar-refractivity contribution in [3.8, 4) is 0 Å². The van der Waals surface area contributed by atoms with E-state index in [-0.39, 0.29) is 0 Å². The summed E-state index contributed by atoms with van der Waals surface area (Å²) in [6.45, 7) is 2.09. The average Bonchev–Trinajstić information content (AvgIpc) is 2.81. The van der Waals surface area contributed by atoms with E-state index in [1.54, 1.807) is 0 Å². The van der Waals surface area contributed by atoms with Crippen LogP contribution in [0.1, 0.15) is 16.7 Å². The highest BCUT2D eigenvalue weighted by Gasteiger charge is 2.10. The Morgan fingerprint density at radius 2 is 1.67 bits per heavy atom. The molecule has 0 heterocycles. The van der Waals surface area contributed by atoms with E-state index in [1.165, 1.54) is 22.4 Å². The van der Waals surface area contributed by atoms with Gasteiger partial charge in [-0.25, -0.2) is 0 Å². The van der Waals surface area contributed by atoms with Crippen LogP contribution in [0.2, 0.25) is 0 Å². The topological polar surface area (TPSA) is 24.1 Å². The lowest BCUT2D eigenvalue weighted by Crippen LogP contribution is -2.20. The average molecular weight is 236 g/mol. The Balaban J connectivity index is 1.65. The Morgan fingerprint density at radius 1 is 0.889 bits per heavy atom. The van der Waals surface area contributed by atoms with Gasteiger partial charge in [0.25, 0.3) is 0 Å². The van der Waals surface area contributed by atoms with Crippen LogP contribution < -0.4 is 10.9 Å². The van der Waals surface area contributed by atoms with Crippen molar-refractivity contribution >= 4 is 11.8 Å². The predicted octanol–water partition coefficient (Wildman–Crippen LogP) is 3.51. The molecule has 0 aliphatic heterocycles. The molecule has 0 aromatic heterocycles. The molecule has 0 saturated heterocycles. The molecule has 2 aromatic rings. The van der Waals surface area contributed by atoms with Crippen LogP contribution in [0.5, 0.6) is 0 Å². The molecule has 2 aromatic carbocycles. The first kappa shape index (κ1) is 10.9. The summed E-state index contributed by atoms with van der Waals surface area (Å²) >= 11 is 0. The van der Waals surface area contributed by atoms with Gasteiger partial charge in [0.1, 0.15) is 0 Å². The molecular formula is C16H16N2. The summed E-state index contributed by atoms with van der Waals surface area (Å²) in [4.78, 5) is 0. The van der Waals surface area contributed by atoms with Gasteiger partial charge in [-0.05, 0) is 36.3 Å². The Bertz CT molecular complexity index is 582. The van der Waals surface area contributed by atoms with Crippen molar-refractivity contribution in [2.45, 2.75) is 13.3 Å². The molecule has 3 rings (SSSR count). The Morgan fingerprint density at radius 3 is 2.44 bits per heavy atom. The van der Waals surface area contributed by atoms with E-state index in [4.69, 9.17) is 0 Å². The zero-order valence-electron chi connectivity index (χ0n) is 10.4. The predicted molar refractivity (Wildman–Crippen MR) is 76.1 cm³/mol. The molecule has 1 aliphatic rings. The van der Waals surface area contributed by atoms with E-state index < -0.39 is 0 Å². The minimum Gasteiger partial charge on any atom is -0.305 e. The van der Waals surface area contributed by atoms with Gasteiger partial charge in [0.05, 0.1) is 5.69 Å². The maximum absolute atomic E-state index is 3.28. The molecule has 2 N–H and O–H groups in total. The van der Waals surface area contributed by atoms with Crippen molar-refractivity contribution in [2.75, 3.05) is 5.43 Å². The van der Waals surface area contributed by atoms with Gasteiger partial charge in [-0.3, -0.25) is 0 Å². The van der Waals surface area contributed by atoms with Crippen molar-refractivity contribution in [1.29, 1.82) is 0 Å². The van der Waals surface area contributed by atoms with Gasteiger partial charge < -0.3 is 10.9 Å². The maximum atomic E-state index is 3.28. The van der Waals surface area contributed by atoms with Gasteiger partial charge in [-0.1, -0.05) is 42.0 Å². The van der Waals surface area contributed by atoms with Crippen LogP contribution in [0, 0.1) is 6.92 Å². The molecule has 18 heavy (non-hydrogen) atoms. The smallest absolute Gasteiger partial charge is 0.0539 e. The summed E-state index contributed by atoms with van der Waals surface area (Å²) in [5.41, 5.74) is 12.8. The Hall–Kier alpha value is -2.22. The largest absolute Gasteiger partial charge is 0.305 e. The molecule has 0 atom stereocenters. The number of hydrogen-bond acceptors (Lipinski definition) is 2. The zero-order chi connectivity index (χ0) is 12.4.